The van der Waals surface area contributed by atoms with Gasteiger partial charge in [-0.1, -0.05) is 60.7 Å². The molecule has 2 aromatic heterocycles. The molecular formula is C19H15N3. The highest BCUT2D eigenvalue weighted by molar-refractivity contribution is 5.83. The normalized spacial score (nSPS) is 11.0. The van der Waals surface area contributed by atoms with Gasteiger partial charge in [0.05, 0.1) is 22.9 Å². The maximum absolute atomic E-state index is 4.79. The average Bonchev–Trinajstić information content (AvgIpc) is 2.93. The van der Waals surface area contributed by atoms with Gasteiger partial charge >= 0.3 is 0 Å². The Morgan fingerprint density at radius 3 is 2.14 bits per heavy atom. The minimum atomic E-state index is 0.950. The molecule has 0 unspecified atom stereocenters. The Morgan fingerprint density at radius 1 is 0.818 bits per heavy atom. The van der Waals surface area contributed by atoms with Crippen LogP contribution in [-0.2, 0) is 7.05 Å². The third kappa shape index (κ3) is 2.07. The van der Waals surface area contributed by atoms with Crippen LogP contribution in [0.4, 0.5) is 0 Å². The van der Waals surface area contributed by atoms with Gasteiger partial charge in [-0.15, -0.1) is 0 Å². The maximum atomic E-state index is 4.79. The zero-order valence-corrected chi connectivity index (χ0v) is 12.3. The van der Waals surface area contributed by atoms with Crippen molar-refractivity contribution in [3.05, 3.63) is 72.9 Å². The maximum Gasteiger partial charge on any atom is 0.140 e. The van der Waals surface area contributed by atoms with E-state index in [-0.39, 0.29) is 0 Å². The SMILES string of the molecule is Cn1c(-c2ccccc2)nc2cc(-c3ccccc3)ncc21. The lowest BCUT2D eigenvalue weighted by molar-refractivity contribution is 0.956. The number of imidazole rings is 1. The number of hydrogen-bond donors (Lipinski definition) is 0. The minimum absolute atomic E-state index is 0.950. The summed E-state index contributed by atoms with van der Waals surface area (Å²) in [5.74, 6) is 0.961. The molecule has 0 spiro atoms. The van der Waals surface area contributed by atoms with Crippen LogP contribution in [-0.4, -0.2) is 14.5 Å². The Bertz CT molecular complexity index is 925. The summed E-state index contributed by atoms with van der Waals surface area (Å²) in [7, 11) is 2.03. The van der Waals surface area contributed by atoms with Crippen LogP contribution in [0.3, 0.4) is 0 Å². The van der Waals surface area contributed by atoms with Gasteiger partial charge in [-0.25, -0.2) is 4.98 Å². The van der Waals surface area contributed by atoms with Crippen LogP contribution >= 0.6 is 0 Å². The van der Waals surface area contributed by atoms with E-state index in [4.69, 9.17) is 4.98 Å². The van der Waals surface area contributed by atoms with Gasteiger partial charge in [0.15, 0.2) is 0 Å². The second kappa shape index (κ2) is 5.11. The number of benzene rings is 2. The van der Waals surface area contributed by atoms with Crippen molar-refractivity contribution < 1.29 is 0 Å². The zero-order chi connectivity index (χ0) is 14.9. The van der Waals surface area contributed by atoms with Crippen molar-refractivity contribution in [1.29, 1.82) is 0 Å². The standard InChI is InChI=1S/C19H15N3/c1-22-18-13-20-16(14-8-4-2-5-9-14)12-17(18)21-19(22)15-10-6-3-7-11-15/h2-13H,1H3. The molecule has 0 aliphatic carbocycles. The predicted molar refractivity (Wildman–Crippen MR) is 89.4 cm³/mol. The number of rotatable bonds is 2. The van der Waals surface area contributed by atoms with E-state index >= 15 is 0 Å². The fourth-order valence-electron chi connectivity index (χ4n) is 2.70. The minimum Gasteiger partial charge on any atom is -0.326 e. The van der Waals surface area contributed by atoms with Crippen molar-refractivity contribution in [3.63, 3.8) is 0 Å². The van der Waals surface area contributed by atoms with Crippen LogP contribution in [0.1, 0.15) is 0 Å². The first-order valence-corrected chi connectivity index (χ1v) is 7.26. The summed E-state index contributed by atoms with van der Waals surface area (Å²) in [6, 6.07) is 22.5. The molecule has 3 heteroatoms. The Labute approximate surface area is 128 Å². The molecule has 0 bridgehead atoms. The largest absolute Gasteiger partial charge is 0.326 e. The molecule has 106 valence electrons. The number of fused-ring (bicyclic) bond motifs is 1. The summed E-state index contributed by atoms with van der Waals surface area (Å²) in [6.07, 6.45) is 1.90. The summed E-state index contributed by atoms with van der Waals surface area (Å²) in [5.41, 5.74) is 5.18. The molecule has 0 fully saturated rings. The van der Waals surface area contributed by atoms with Gasteiger partial charge in [0.2, 0.25) is 0 Å². The zero-order valence-electron chi connectivity index (χ0n) is 12.3. The lowest BCUT2D eigenvalue weighted by atomic mass is 10.1. The molecule has 0 N–H and O–H groups in total. The van der Waals surface area contributed by atoms with Crippen LogP contribution in [0.5, 0.6) is 0 Å². The van der Waals surface area contributed by atoms with Crippen molar-refractivity contribution in [2.75, 3.05) is 0 Å². The van der Waals surface area contributed by atoms with Gasteiger partial charge in [0.1, 0.15) is 5.82 Å². The lowest BCUT2D eigenvalue weighted by Crippen LogP contribution is -1.92. The highest BCUT2D eigenvalue weighted by atomic mass is 15.1. The van der Waals surface area contributed by atoms with Crippen LogP contribution in [0.2, 0.25) is 0 Å². The molecule has 0 amide bonds. The number of hydrogen-bond acceptors (Lipinski definition) is 2. The van der Waals surface area contributed by atoms with Crippen molar-refractivity contribution in [2.24, 2.45) is 7.05 Å². The molecule has 0 aliphatic heterocycles. The van der Waals surface area contributed by atoms with Gasteiger partial charge in [-0.3, -0.25) is 4.98 Å². The summed E-state index contributed by atoms with van der Waals surface area (Å²) >= 11 is 0. The molecule has 0 saturated carbocycles. The molecule has 2 heterocycles. The fraction of sp³-hybridized carbons (Fsp3) is 0.0526. The molecule has 3 nitrogen and oxygen atoms in total. The summed E-state index contributed by atoms with van der Waals surface area (Å²) in [4.78, 5) is 9.38. The van der Waals surface area contributed by atoms with E-state index in [1.807, 2.05) is 49.6 Å². The van der Waals surface area contributed by atoms with Crippen LogP contribution in [0.15, 0.2) is 72.9 Å². The number of aryl methyl sites for hydroxylation is 1. The van der Waals surface area contributed by atoms with E-state index in [1.54, 1.807) is 0 Å². The van der Waals surface area contributed by atoms with Crippen molar-refractivity contribution in [2.45, 2.75) is 0 Å². The third-order valence-corrected chi connectivity index (χ3v) is 3.87. The van der Waals surface area contributed by atoms with Crippen molar-refractivity contribution >= 4 is 11.0 Å². The molecule has 0 atom stereocenters. The Hall–Kier alpha value is -2.94. The smallest absolute Gasteiger partial charge is 0.140 e. The van der Waals surface area contributed by atoms with Gasteiger partial charge in [0.25, 0.3) is 0 Å². The molecule has 0 radical (unpaired) electrons. The summed E-state index contributed by atoms with van der Waals surface area (Å²) in [6.45, 7) is 0. The molecule has 22 heavy (non-hydrogen) atoms. The first kappa shape index (κ1) is 12.8. The monoisotopic (exact) mass is 285 g/mol. The second-order valence-electron chi connectivity index (χ2n) is 5.28. The first-order valence-electron chi connectivity index (χ1n) is 7.26. The van der Waals surface area contributed by atoms with Crippen molar-refractivity contribution in [1.82, 2.24) is 14.5 Å². The molecule has 0 saturated heterocycles. The predicted octanol–water partition coefficient (Wildman–Crippen LogP) is 4.30. The topological polar surface area (TPSA) is 30.7 Å². The third-order valence-electron chi connectivity index (χ3n) is 3.87. The van der Waals surface area contributed by atoms with Gasteiger partial charge in [0, 0.05) is 18.2 Å². The van der Waals surface area contributed by atoms with Crippen LogP contribution in [0, 0.1) is 0 Å². The van der Waals surface area contributed by atoms with E-state index in [9.17, 15) is 0 Å². The molecule has 0 aliphatic rings. The first-order chi connectivity index (χ1) is 10.8. The van der Waals surface area contributed by atoms with Crippen molar-refractivity contribution in [3.8, 4) is 22.6 Å². The quantitative estimate of drug-likeness (QED) is 0.549. The Balaban J connectivity index is 1.88. The Kier molecular flexibility index (Phi) is 2.97. The van der Waals surface area contributed by atoms with Crippen LogP contribution < -0.4 is 0 Å². The van der Waals surface area contributed by atoms with E-state index in [0.717, 1.165) is 33.7 Å². The van der Waals surface area contributed by atoms with Gasteiger partial charge in [-0.05, 0) is 6.07 Å². The van der Waals surface area contributed by atoms with E-state index < -0.39 is 0 Å². The van der Waals surface area contributed by atoms with E-state index in [2.05, 4.69) is 39.9 Å². The molecule has 4 aromatic rings. The molecular weight excluding hydrogens is 270 g/mol. The fourth-order valence-corrected chi connectivity index (χ4v) is 2.70. The Morgan fingerprint density at radius 2 is 1.45 bits per heavy atom. The highest BCUT2D eigenvalue weighted by Crippen LogP contribution is 2.26. The second-order valence-corrected chi connectivity index (χ2v) is 5.28. The lowest BCUT2D eigenvalue weighted by Gasteiger charge is -2.02. The number of aromatic nitrogens is 3. The van der Waals surface area contributed by atoms with Gasteiger partial charge < -0.3 is 4.57 Å². The van der Waals surface area contributed by atoms with E-state index in [1.165, 1.54) is 0 Å². The molecule has 4 rings (SSSR count). The number of nitrogens with zero attached hydrogens (tertiary/aromatic N) is 3. The van der Waals surface area contributed by atoms with E-state index in [0.29, 0.717) is 0 Å². The van der Waals surface area contributed by atoms with Gasteiger partial charge in [-0.2, -0.15) is 0 Å². The van der Waals surface area contributed by atoms with Crippen LogP contribution in [0.25, 0.3) is 33.7 Å². The summed E-state index contributed by atoms with van der Waals surface area (Å²) in [5, 5.41) is 0. The number of pyridine rings is 1. The average molecular weight is 285 g/mol. The highest BCUT2D eigenvalue weighted by Gasteiger charge is 2.11. The molecule has 2 aromatic carbocycles. The summed E-state index contributed by atoms with van der Waals surface area (Å²) < 4.78 is 2.09.